The fourth-order valence-electron chi connectivity index (χ4n) is 13.6. The van der Waals surface area contributed by atoms with E-state index in [1.807, 2.05) is 0 Å². The van der Waals surface area contributed by atoms with Crippen molar-refractivity contribution in [2.75, 3.05) is 0 Å². The largest absolute Gasteiger partial charge is 0.0725 e. The first-order chi connectivity index (χ1) is 33.5. The molecule has 12 aromatic rings. The van der Waals surface area contributed by atoms with Crippen molar-refractivity contribution in [1.82, 2.24) is 0 Å². The standard InChI is InChI=1S/C68H44/c1-67(2)60-36-18-32-44(64(60)65-51-26-5-3-21-45(51)46-22-4-10-31-56(46)66(65)67)41-19-17-20-42(39-41)62-52-27-6-8-29-54(52)63(55-30-9-7-28-53(55)62)43-37-38-50-49-25-13-16-35-59(49)68(61(50)40-43)57-33-14-11-23-47(57)48-24-12-15-34-58(48)68/h3-40H,1-2H3. The van der Waals surface area contributed by atoms with Crippen LogP contribution in [0.5, 0.6) is 0 Å². The Bertz CT molecular complexity index is 4060. The third kappa shape index (κ3) is 4.74. The van der Waals surface area contributed by atoms with Crippen LogP contribution >= 0.6 is 0 Å². The molecule has 1 spiro atoms. The van der Waals surface area contributed by atoms with Gasteiger partial charge in [-0.1, -0.05) is 232 Å². The van der Waals surface area contributed by atoms with Crippen molar-refractivity contribution in [2.24, 2.45) is 0 Å². The minimum atomic E-state index is -0.409. The highest BCUT2D eigenvalue weighted by molar-refractivity contribution is 6.23. The summed E-state index contributed by atoms with van der Waals surface area (Å²) in [6.07, 6.45) is 0. The van der Waals surface area contributed by atoms with Gasteiger partial charge in [-0.2, -0.15) is 0 Å². The summed E-state index contributed by atoms with van der Waals surface area (Å²) in [6, 6.07) is 87.4. The van der Waals surface area contributed by atoms with Crippen LogP contribution in [0.3, 0.4) is 0 Å². The van der Waals surface area contributed by atoms with Crippen LogP contribution in [0.15, 0.2) is 231 Å². The predicted octanol–water partition coefficient (Wildman–Crippen LogP) is 18.0. The molecule has 0 aliphatic heterocycles. The van der Waals surface area contributed by atoms with Crippen molar-refractivity contribution in [1.29, 1.82) is 0 Å². The molecule has 3 aliphatic carbocycles. The molecule has 0 bridgehead atoms. The fourth-order valence-corrected chi connectivity index (χ4v) is 13.6. The lowest BCUT2D eigenvalue weighted by molar-refractivity contribution is 0.666. The van der Waals surface area contributed by atoms with Gasteiger partial charge < -0.3 is 0 Å². The summed E-state index contributed by atoms with van der Waals surface area (Å²) in [6.45, 7) is 4.84. The molecule has 3 aliphatic rings. The summed E-state index contributed by atoms with van der Waals surface area (Å²) in [5.74, 6) is 0. The summed E-state index contributed by atoms with van der Waals surface area (Å²) < 4.78 is 0. The topological polar surface area (TPSA) is 0 Å². The molecule has 0 nitrogen and oxygen atoms in total. The molecular weight excluding hydrogens is 817 g/mol. The van der Waals surface area contributed by atoms with E-state index in [4.69, 9.17) is 0 Å². The van der Waals surface area contributed by atoms with Crippen molar-refractivity contribution < 1.29 is 0 Å². The number of benzene rings is 12. The highest BCUT2D eigenvalue weighted by Gasteiger charge is 2.51. The third-order valence-corrected chi connectivity index (χ3v) is 16.2. The lowest BCUT2D eigenvalue weighted by Gasteiger charge is -2.30. The number of rotatable bonds is 3. The minimum absolute atomic E-state index is 0.172. The van der Waals surface area contributed by atoms with Crippen molar-refractivity contribution in [3.8, 4) is 66.8 Å². The Morgan fingerprint density at radius 2 is 0.618 bits per heavy atom. The van der Waals surface area contributed by atoms with Gasteiger partial charge in [-0.25, -0.2) is 0 Å². The zero-order valence-electron chi connectivity index (χ0n) is 37.9. The molecular formula is C68H44. The van der Waals surface area contributed by atoms with Crippen LogP contribution in [0.4, 0.5) is 0 Å². The van der Waals surface area contributed by atoms with Gasteiger partial charge in [-0.3, -0.25) is 0 Å². The lowest BCUT2D eigenvalue weighted by atomic mass is 9.70. The van der Waals surface area contributed by atoms with Crippen LogP contribution < -0.4 is 0 Å². The van der Waals surface area contributed by atoms with Crippen LogP contribution in [0, 0.1) is 0 Å². The second-order valence-electron chi connectivity index (χ2n) is 19.8. The molecule has 0 aromatic heterocycles. The van der Waals surface area contributed by atoms with Gasteiger partial charge in [0.25, 0.3) is 0 Å². The van der Waals surface area contributed by atoms with E-state index >= 15 is 0 Å². The van der Waals surface area contributed by atoms with Gasteiger partial charge in [0, 0.05) is 5.41 Å². The maximum atomic E-state index is 2.55. The lowest BCUT2D eigenvalue weighted by Crippen LogP contribution is -2.25. The van der Waals surface area contributed by atoms with E-state index in [9.17, 15) is 0 Å². The molecule has 0 amide bonds. The monoisotopic (exact) mass is 860 g/mol. The number of fused-ring (bicyclic) bond motifs is 20. The highest BCUT2D eigenvalue weighted by Crippen LogP contribution is 2.64. The van der Waals surface area contributed by atoms with Gasteiger partial charge in [0.05, 0.1) is 5.41 Å². The van der Waals surface area contributed by atoms with Gasteiger partial charge in [0.2, 0.25) is 0 Å². The van der Waals surface area contributed by atoms with Gasteiger partial charge in [-0.15, -0.1) is 0 Å². The van der Waals surface area contributed by atoms with Crippen LogP contribution in [-0.2, 0) is 10.8 Å². The molecule has 0 saturated heterocycles. The Hall–Kier alpha value is -8.32. The van der Waals surface area contributed by atoms with Crippen molar-refractivity contribution in [3.63, 3.8) is 0 Å². The Morgan fingerprint density at radius 1 is 0.235 bits per heavy atom. The van der Waals surface area contributed by atoms with Crippen LogP contribution in [-0.4, -0.2) is 0 Å². The van der Waals surface area contributed by atoms with Crippen molar-refractivity contribution in [3.05, 3.63) is 264 Å². The third-order valence-electron chi connectivity index (χ3n) is 16.2. The predicted molar refractivity (Wildman–Crippen MR) is 287 cm³/mol. The maximum absolute atomic E-state index is 2.55. The number of hydrogen-bond donors (Lipinski definition) is 0. The highest BCUT2D eigenvalue weighted by atomic mass is 14.5. The first kappa shape index (κ1) is 37.9. The normalized spacial score (nSPS) is 14.3. The SMILES string of the molecule is CC1(C)c2cccc(-c3cccc(-c4c5ccccc5c(-c5ccc6c(c5)C5(c7ccccc7-c7ccccc75)c5ccccc5-6)c5ccccc45)c3)c2-c2c1c1ccccc1c1ccccc21. The van der Waals surface area contributed by atoms with Gasteiger partial charge in [0.1, 0.15) is 0 Å². The summed E-state index contributed by atoms with van der Waals surface area (Å²) in [5, 5.41) is 10.4. The van der Waals surface area contributed by atoms with E-state index in [1.165, 1.54) is 143 Å². The van der Waals surface area contributed by atoms with E-state index in [0.29, 0.717) is 0 Å². The Kier molecular flexibility index (Phi) is 7.59. The molecule has 0 atom stereocenters. The van der Waals surface area contributed by atoms with E-state index < -0.39 is 5.41 Å². The zero-order valence-corrected chi connectivity index (χ0v) is 37.9. The Morgan fingerprint density at radius 3 is 1.18 bits per heavy atom. The maximum Gasteiger partial charge on any atom is 0.0725 e. The molecule has 0 unspecified atom stereocenters. The first-order valence-electron chi connectivity index (χ1n) is 24.1. The summed E-state index contributed by atoms with van der Waals surface area (Å²) in [5.41, 5.74) is 23.3. The molecule has 0 fully saturated rings. The smallest absolute Gasteiger partial charge is 0.0619 e. The molecule has 15 rings (SSSR count). The Labute approximate surface area is 396 Å². The fraction of sp³-hybridized carbons (Fsp3) is 0.0588. The van der Waals surface area contributed by atoms with Gasteiger partial charge in [-0.05, 0) is 155 Å². The molecule has 0 heterocycles. The average molecular weight is 861 g/mol. The average Bonchev–Trinajstić information content (AvgIpc) is 3.96. The summed E-state index contributed by atoms with van der Waals surface area (Å²) in [4.78, 5) is 0. The zero-order chi connectivity index (χ0) is 44.9. The molecule has 0 radical (unpaired) electrons. The first-order valence-corrected chi connectivity index (χ1v) is 24.1. The van der Waals surface area contributed by atoms with Crippen LogP contribution in [0.1, 0.15) is 47.2 Å². The molecule has 12 aromatic carbocycles. The molecule has 316 valence electrons. The summed E-state index contributed by atoms with van der Waals surface area (Å²) >= 11 is 0. The quantitative estimate of drug-likeness (QED) is 0.123. The second-order valence-corrected chi connectivity index (χ2v) is 19.8. The van der Waals surface area contributed by atoms with Crippen LogP contribution in [0.25, 0.3) is 110 Å². The van der Waals surface area contributed by atoms with Crippen molar-refractivity contribution >= 4 is 43.1 Å². The number of hydrogen-bond acceptors (Lipinski definition) is 0. The van der Waals surface area contributed by atoms with Gasteiger partial charge >= 0.3 is 0 Å². The molecule has 0 heteroatoms. The minimum Gasteiger partial charge on any atom is -0.0619 e. The summed E-state index contributed by atoms with van der Waals surface area (Å²) in [7, 11) is 0. The van der Waals surface area contributed by atoms with E-state index in [2.05, 4.69) is 244 Å². The molecule has 0 saturated carbocycles. The van der Waals surface area contributed by atoms with E-state index in [1.54, 1.807) is 0 Å². The van der Waals surface area contributed by atoms with Crippen LogP contribution in [0.2, 0.25) is 0 Å². The van der Waals surface area contributed by atoms with Crippen molar-refractivity contribution in [2.45, 2.75) is 24.7 Å². The van der Waals surface area contributed by atoms with E-state index in [-0.39, 0.29) is 5.41 Å². The second kappa shape index (κ2) is 13.6. The molecule has 0 N–H and O–H groups in total. The Balaban J connectivity index is 0.955. The molecule has 68 heavy (non-hydrogen) atoms. The van der Waals surface area contributed by atoms with E-state index in [0.717, 1.165) is 0 Å². The van der Waals surface area contributed by atoms with Gasteiger partial charge in [0.15, 0.2) is 0 Å².